The molecule has 7 nitrogen and oxygen atoms in total. The second-order valence-corrected chi connectivity index (χ2v) is 7.08. The van der Waals surface area contributed by atoms with Gasteiger partial charge in [-0.2, -0.15) is 5.26 Å². The van der Waals surface area contributed by atoms with Gasteiger partial charge in [-0.25, -0.2) is 9.97 Å². The van der Waals surface area contributed by atoms with E-state index in [0.717, 1.165) is 34.4 Å². The summed E-state index contributed by atoms with van der Waals surface area (Å²) in [5, 5.41) is 9.63. The highest BCUT2D eigenvalue weighted by Crippen LogP contribution is 2.42. The smallest absolute Gasteiger partial charge is 0.158 e. The molecule has 0 saturated carbocycles. The molecule has 0 bridgehead atoms. The fourth-order valence-corrected chi connectivity index (χ4v) is 3.88. The van der Waals surface area contributed by atoms with Gasteiger partial charge in [0.2, 0.25) is 0 Å². The van der Waals surface area contributed by atoms with Crippen molar-refractivity contribution >= 4 is 34.4 Å². The number of fused-ring (bicyclic) bond motifs is 2. The van der Waals surface area contributed by atoms with Crippen LogP contribution in [0.1, 0.15) is 5.56 Å². The molecule has 0 aliphatic carbocycles. The van der Waals surface area contributed by atoms with Crippen molar-refractivity contribution in [3.05, 3.63) is 60.4 Å². The summed E-state index contributed by atoms with van der Waals surface area (Å²) < 4.78 is 0. The molecule has 2 aliphatic heterocycles. The predicted molar refractivity (Wildman–Crippen MR) is 110 cm³/mol. The molecule has 0 spiro atoms. The Morgan fingerprint density at radius 2 is 1.32 bits per heavy atom. The molecule has 0 amide bonds. The van der Waals surface area contributed by atoms with E-state index in [1.54, 1.807) is 12.4 Å². The number of nitrogens with zero attached hydrogens (tertiary/aromatic N) is 7. The van der Waals surface area contributed by atoms with Crippen LogP contribution in [-0.4, -0.2) is 37.4 Å². The molecule has 0 fully saturated rings. The minimum Gasteiger partial charge on any atom is -0.354 e. The molecule has 0 atom stereocenters. The van der Waals surface area contributed by atoms with Gasteiger partial charge in [-0.15, -0.1) is 0 Å². The zero-order valence-corrected chi connectivity index (χ0v) is 15.7. The number of hydrogen-bond acceptors (Lipinski definition) is 7. The quantitative estimate of drug-likeness (QED) is 0.686. The van der Waals surface area contributed by atoms with Crippen LogP contribution in [0.25, 0.3) is 0 Å². The third-order valence-electron chi connectivity index (χ3n) is 5.23. The highest BCUT2D eigenvalue weighted by molar-refractivity contribution is 5.84. The summed E-state index contributed by atoms with van der Waals surface area (Å²) in [5.74, 6) is 1.81. The van der Waals surface area contributed by atoms with Gasteiger partial charge in [-0.05, 0) is 42.5 Å². The van der Waals surface area contributed by atoms with Crippen LogP contribution < -0.4 is 19.6 Å². The first-order chi connectivity index (χ1) is 13.7. The largest absolute Gasteiger partial charge is 0.354 e. The second kappa shape index (κ2) is 6.13. The van der Waals surface area contributed by atoms with E-state index in [9.17, 15) is 5.26 Å². The maximum Gasteiger partial charge on any atom is 0.158 e. The second-order valence-electron chi connectivity index (χ2n) is 7.08. The van der Waals surface area contributed by atoms with Crippen molar-refractivity contribution in [3.63, 3.8) is 0 Å². The van der Waals surface area contributed by atoms with Crippen molar-refractivity contribution in [1.82, 2.24) is 9.97 Å². The lowest BCUT2D eigenvalue weighted by Gasteiger charge is -2.23. The number of benzene rings is 1. The molecule has 2 aromatic heterocycles. The van der Waals surface area contributed by atoms with Gasteiger partial charge in [0.05, 0.1) is 36.3 Å². The molecule has 0 unspecified atom stereocenters. The van der Waals surface area contributed by atoms with Crippen LogP contribution in [0.15, 0.2) is 54.9 Å². The van der Waals surface area contributed by atoms with Gasteiger partial charge < -0.3 is 19.6 Å². The standard InChI is InChI=1S/C21H19N7/c1-25-13-27(20-18(25)5-3-7-23-20)16-9-15(12-22)10-17(11-16)28-14-26(2)19-6-4-8-24-21(19)28/h3-11H,13-14H2,1-2H3. The molecule has 0 radical (unpaired) electrons. The maximum absolute atomic E-state index is 9.63. The van der Waals surface area contributed by atoms with Crippen LogP contribution in [0.2, 0.25) is 0 Å². The monoisotopic (exact) mass is 369 g/mol. The summed E-state index contributed by atoms with van der Waals surface area (Å²) in [6, 6.07) is 16.3. The van der Waals surface area contributed by atoms with Gasteiger partial charge in [0.15, 0.2) is 11.6 Å². The maximum atomic E-state index is 9.63. The fourth-order valence-electron chi connectivity index (χ4n) is 3.88. The van der Waals surface area contributed by atoms with Crippen molar-refractivity contribution in [2.24, 2.45) is 0 Å². The average molecular weight is 369 g/mol. The van der Waals surface area contributed by atoms with E-state index in [0.29, 0.717) is 18.9 Å². The summed E-state index contributed by atoms with van der Waals surface area (Å²) >= 11 is 0. The van der Waals surface area contributed by atoms with Crippen molar-refractivity contribution in [2.45, 2.75) is 0 Å². The Labute approximate surface area is 163 Å². The van der Waals surface area contributed by atoms with Gasteiger partial charge >= 0.3 is 0 Å². The third-order valence-corrected chi connectivity index (χ3v) is 5.23. The molecule has 5 rings (SSSR count). The zero-order chi connectivity index (χ0) is 19.3. The summed E-state index contributed by atoms with van der Waals surface area (Å²) in [6.07, 6.45) is 3.60. The van der Waals surface area contributed by atoms with Crippen molar-refractivity contribution in [3.8, 4) is 6.07 Å². The van der Waals surface area contributed by atoms with Gasteiger partial charge in [0.1, 0.15) is 0 Å². The summed E-state index contributed by atoms with van der Waals surface area (Å²) in [5.41, 5.74) is 4.68. The minimum absolute atomic E-state index is 0.617. The van der Waals surface area contributed by atoms with E-state index in [2.05, 4.69) is 53.8 Å². The molecule has 7 heteroatoms. The van der Waals surface area contributed by atoms with Gasteiger partial charge in [0.25, 0.3) is 0 Å². The summed E-state index contributed by atoms with van der Waals surface area (Å²) in [4.78, 5) is 17.7. The first-order valence-electron chi connectivity index (χ1n) is 9.08. The minimum atomic E-state index is 0.617. The Morgan fingerprint density at radius 1 is 0.821 bits per heavy atom. The normalized spacial score (nSPS) is 14.9. The lowest BCUT2D eigenvalue weighted by molar-refractivity contribution is 0.932. The molecule has 3 aromatic rings. The van der Waals surface area contributed by atoms with Crippen LogP contribution >= 0.6 is 0 Å². The van der Waals surface area contributed by atoms with Gasteiger partial charge in [-0.1, -0.05) is 0 Å². The van der Waals surface area contributed by atoms with Crippen molar-refractivity contribution < 1.29 is 0 Å². The van der Waals surface area contributed by atoms with Gasteiger partial charge in [0, 0.05) is 37.9 Å². The first-order valence-corrected chi connectivity index (χ1v) is 9.08. The molecular weight excluding hydrogens is 350 g/mol. The Hall–Kier alpha value is -3.79. The molecule has 138 valence electrons. The topological polar surface area (TPSA) is 62.5 Å². The van der Waals surface area contributed by atoms with Crippen LogP contribution in [0, 0.1) is 11.3 Å². The average Bonchev–Trinajstić information content (AvgIpc) is 3.26. The van der Waals surface area contributed by atoms with Gasteiger partial charge in [-0.3, -0.25) is 0 Å². The molecular formula is C21H19N7. The van der Waals surface area contributed by atoms with E-state index in [4.69, 9.17) is 0 Å². The van der Waals surface area contributed by atoms with E-state index >= 15 is 0 Å². The van der Waals surface area contributed by atoms with E-state index in [-0.39, 0.29) is 0 Å². The lowest BCUT2D eigenvalue weighted by Crippen LogP contribution is -2.26. The number of rotatable bonds is 2. The number of nitriles is 1. The third kappa shape index (κ3) is 2.42. The van der Waals surface area contributed by atoms with Crippen LogP contribution in [0.3, 0.4) is 0 Å². The highest BCUT2D eigenvalue weighted by Gasteiger charge is 2.29. The zero-order valence-electron chi connectivity index (χ0n) is 15.7. The molecule has 0 N–H and O–H groups in total. The number of aromatic nitrogens is 2. The van der Waals surface area contributed by atoms with Crippen LogP contribution in [0.4, 0.5) is 34.4 Å². The molecule has 2 aliphatic rings. The molecule has 4 heterocycles. The number of pyridine rings is 2. The Balaban J connectivity index is 1.61. The predicted octanol–water partition coefficient (Wildman–Crippen LogP) is 3.44. The Morgan fingerprint density at radius 3 is 1.79 bits per heavy atom. The SMILES string of the molecule is CN1CN(c2cc(C#N)cc(N3CN(C)c4cccnc43)c2)c2ncccc21. The molecule has 28 heavy (non-hydrogen) atoms. The number of hydrogen-bond donors (Lipinski definition) is 0. The highest BCUT2D eigenvalue weighted by atomic mass is 15.4. The summed E-state index contributed by atoms with van der Waals surface area (Å²) in [7, 11) is 4.09. The Bertz CT molecular complexity index is 1030. The van der Waals surface area contributed by atoms with Crippen LogP contribution in [-0.2, 0) is 0 Å². The van der Waals surface area contributed by atoms with Crippen molar-refractivity contribution in [1.29, 1.82) is 5.26 Å². The number of anilines is 6. The molecule has 0 saturated heterocycles. The van der Waals surface area contributed by atoms with Crippen molar-refractivity contribution in [2.75, 3.05) is 47.0 Å². The molecule has 1 aromatic carbocycles. The van der Waals surface area contributed by atoms with E-state index < -0.39 is 0 Å². The lowest BCUT2D eigenvalue weighted by atomic mass is 10.1. The Kier molecular flexibility index (Phi) is 3.59. The fraction of sp³-hybridized carbons (Fsp3) is 0.190. The first kappa shape index (κ1) is 16.4. The van der Waals surface area contributed by atoms with Crippen LogP contribution in [0.5, 0.6) is 0 Å². The van der Waals surface area contributed by atoms with E-state index in [1.165, 1.54) is 0 Å². The summed E-state index contributed by atoms with van der Waals surface area (Å²) in [6.45, 7) is 1.38. The van der Waals surface area contributed by atoms with E-state index in [1.807, 2.05) is 38.4 Å².